The predicted octanol–water partition coefficient (Wildman–Crippen LogP) is 1.97. The van der Waals surface area contributed by atoms with E-state index in [-0.39, 0.29) is 6.61 Å². The molecule has 5 nitrogen and oxygen atoms in total. The van der Waals surface area contributed by atoms with Crippen LogP contribution in [0.4, 0.5) is 0 Å². The number of oxime groups is 1. The van der Waals surface area contributed by atoms with Gasteiger partial charge >= 0.3 is 0 Å². The zero-order valence-electron chi connectivity index (χ0n) is 9.65. The standard InChI is InChI=1S/C13H12N2O3/c14-9-12(8-11-4-2-1-3-5-11)15-18-10-13-16-6-7-17-13/h1-7,13H,8,10H2. The minimum Gasteiger partial charge on any atom is -0.456 e. The van der Waals surface area contributed by atoms with Gasteiger partial charge in [0.25, 0.3) is 6.29 Å². The Balaban J connectivity index is 1.83. The average Bonchev–Trinajstić information content (AvgIpc) is 2.92. The zero-order valence-corrected chi connectivity index (χ0v) is 9.65. The van der Waals surface area contributed by atoms with Crippen molar-refractivity contribution in [2.75, 3.05) is 6.61 Å². The summed E-state index contributed by atoms with van der Waals surface area (Å²) in [7, 11) is 0. The van der Waals surface area contributed by atoms with Crippen LogP contribution in [0.25, 0.3) is 0 Å². The van der Waals surface area contributed by atoms with Crippen LogP contribution >= 0.6 is 0 Å². The summed E-state index contributed by atoms with van der Waals surface area (Å²) in [4.78, 5) is 5.02. The number of benzene rings is 1. The molecule has 1 aliphatic heterocycles. The SMILES string of the molecule is N#CC(Cc1ccccc1)=NOCC1OC=CO1. The maximum Gasteiger partial charge on any atom is 0.276 e. The lowest BCUT2D eigenvalue weighted by Crippen LogP contribution is -2.15. The quantitative estimate of drug-likeness (QED) is 0.586. The molecule has 0 fully saturated rings. The van der Waals surface area contributed by atoms with Crippen molar-refractivity contribution in [3.8, 4) is 6.07 Å². The molecule has 0 amide bonds. The van der Waals surface area contributed by atoms with Gasteiger partial charge in [0.1, 0.15) is 18.6 Å². The van der Waals surface area contributed by atoms with Crippen molar-refractivity contribution in [3.05, 3.63) is 48.4 Å². The molecule has 5 heteroatoms. The van der Waals surface area contributed by atoms with E-state index >= 15 is 0 Å². The van der Waals surface area contributed by atoms with Crippen LogP contribution in [0.1, 0.15) is 5.56 Å². The molecule has 0 N–H and O–H groups in total. The van der Waals surface area contributed by atoms with E-state index in [0.29, 0.717) is 12.1 Å². The van der Waals surface area contributed by atoms with E-state index in [1.165, 1.54) is 12.5 Å². The highest BCUT2D eigenvalue weighted by atomic mass is 16.7. The van der Waals surface area contributed by atoms with E-state index in [0.717, 1.165) is 5.56 Å². The highest BCUT2D eigenvalue weighted by molar-refractivity contribution is 5.99. The smallest absolute Gasteiger partial charge is 0.276 e. The summed E-state index contributed by atoms with van der Waals surface area (Å²) < 4.78 is 10.0. The van der Waals surface area contributed by atoms with E-state index < -0.39 is 6.29 Å². The Kier molecular flexibility index (Phi) is 4.20. The first-order valence-electron chi connectivity index (χ1n) is 5.47. The second-order valence-electron chi connectivity index (χ2n) is 3.58. The summed E-state index contributed by atoms with van der Waals surface area (Å²) in [5.41, 5.74) is 1.32. The molecule has 0 bridgehead atoms. The first-order valence-corrected chi connectivity index (χ1v) is 5.47. The van der Waals surface area contributed by atoms with Crippen LogP contribution in [0.5, 0.6) is 0 Å². The molecule has 1 aromatic rings. The number of hydrogen-bond donors (Lipinski definition) is 0. The molecule has 0 aliphatic carbocycles. The largest absolute Gasteiger partial charge is 0.456 e. The predicted molar refractivity (Wildman–Crippen MR) is 64.2 cm³/mol. The van der Waals surface area contributed by atoms with Gasteiger partial charge in [0.05, 0.1) is 0 Å². The second kappa shape index (κ2) is 6.30. The highest BCUT2D eigenvalue weighted by Crippen LogP contribution is 2.06. The van der Waals surface area contributed by atoms with Crippen molar-refractivity contribution in [3.63, 3.8) is 0 Å². The maximum atomic E-state index is 8.94. The molecule has 0 unspecified atom stereocenters. The molecule has 2 rings (SSSR count). The number of ether oxygens (including phenoxy) is 2. The molecule has 1 aromatic carbocycles. The van der Waals surface area contributed by atoms with Crippen LogP contribution in [-0.2, 0) is 20.7 Å². The van der Waals surface area contributed by atoms with E-state index in [1.54, 1.807) is 0 Å². The Bertz CT molecular complexity index is 469. The fourth-order valence-corrected chi connectivity index (χ4v) is 1.41. The fraction of sp³-hybridized carbons (Fsp3) is 0.231. The van der Waals surface area contributed by atoms with Gasteiger partial charge in [-0.1, -0.05) is 35.5 Å². The number of nitrogens with zero attached hydrogens (tertiary/aromatic N) is 2. The highest BCUT2D eigenvalue weighted by Gasteiger charge is 2.12. The second-order valence-corrected chi connectivity index (χ2v) is 3.58. The van der Waals surface area contributed by atoms with Gasteiger partial charge in [-0.25, -0.2) is 0 Å². The Labute approximate surface area is 105 Å². The Hall–Kier alpha value is -2.48. The summed E-state index contributed by atoms with van der Waals surface area (Å²) >= 11 is 0. The molecule has 0 saturated carbocycles. The minimum atomic E-state index is -0.481. The molecule has 0 saturated heterocycles. The molecule has 1 aliphatic rings. The molecule has 92 valence electrons. The van der Waals surface area contributed by atoms with Crippen LogP contribution < -0.4 is 0 Å². The minimum absolute atomic E-state index is 0.146. The Morgan fingerprint density at radius 1 is 1.28 bits per heavy atom. The van der Waals surface area contributed by atoms with E-state index in [4.69, 9.17) is 19.6 Å². The fourth-order valence-electron chi connectivity index (χ4n) is 1.41. The normalized spacial score (nSPS) is 14.7. The summed E-state index contributed by atoms with van der Waals surface area (Å²) in [6.45, 7) is 0.146. The summed E-state index contributed by atoms with van der Waals surface area (Å²) in [5.74, 6) is 0. The summed E-state index contributed by atoms with van der Waals surface area (Å²) in [6.07, 6.45) is 2.84. The first-order chi connectivity index (χ1) is 8.88. The number of hydrogen-bond acceptors (Lipinski definition) is 5. The van der Waals surface area contributed by atoms with Crippen LogP contribution in [0.2, 0.25) is 0 Å². The molecule has 0 aromatic heterocycles. The van der Waals surface area contributed by atoms with Crippen molar-refractivity contribution in [1.82, 2.24) is 0 Å². The lowest BCUT2D eigenvalue weighted by molar-refractivity contribution is -0.0797. The average molecular weight is 244 g/mol. The Morgan fingerprint density at radius 3 is 2.67 bits per heavy atom. The molecule has 0 atom stereocenters. The van der Waals surface area contributed by atoms with E-state index in [1.807, 2.05) is 36.4 Å². The first kappa shape index (κ1) is 12.0. The molecule has 0 spiro atoms. The van der Waals surface area contributed by atoms with Crippen LogP contribution in [-0.4, -0.2) is 18.6 Å². The van der Waals surface area contributed by atoms with E-state index in [9.17, 15) is 0 Å². The number of nitriles is 1. The van der Waals surface area contributed by atoms with Gasteiger partial charge in [-0.3, -0.25) is 0 Å². The molecule has 18 heavy (non-hydrogen) atoms. The van der Waals surface area contributed by atoms with Gasteiger partial charge in [-0.2, -0.15) is 5.26 Å². The third kappa shape index (κ3) is 3.52. The van der Waals surface area contributed by atoms with Gasteiger partial charge in [0.15, 0.2) is 12.3 Å². The lowest BCUT2D eigenvalue weighted by Gasteiger charge is -2.08. The van der Waals surface area contributed by atoms with Gasteiger partial charge in [-0.05, 0) is 5.56 Å². The summed E-state index contributed by atoms with van der Waals surface area (Å²) in [6, 6.07) is 11.6. The third-order valence-corrected chi connectivity index (χ3v) is 2.25. The summed E-state index contributed by atoms with van der Waals surface area (Å²) in [5, 5.41) is 12.7. The zero-order chi connectivity index (χ0) is 12.6. The third-order valence-electron chi connectivity index (χ3n) is 2.25. The molecule has 0 radical (unpaired) electrons. The van der Waals surface area contributed by atoms with Crippen LogP contribution in [0.3, 0.4) is 0 Å². The maximum absolute atomic E-state index is 8.94. The van der Waals surface area contributed by atoms with Crippen molar-refractivity contribution in [1.29, 1.82) is 5.26 Å². The van der Waals surface area contributed by atoms with Crippen molar-refractivity contribution in [2.24, 2.45) is 5.16 Å². The van der Waals surface area contributed by atoms with Crippen molar-refractivity contribution in [2.45, 2.75) is 12.7 Å². The monoisotopic (exact) mass is 244 g/mol. The lowest BCUT2D eigenvalue weighted by atomic mass is 10.1. The topological polar surface area (TPSA) is 63.8 Å². The Morgan fingerprint density at radius 2 is 2.00 bits per heavy atom. The molecule has 1 heterocycles. The number of rotatable bonds is 5. The van der Waals surface area contributed by atoms with E-state index in [2.05, 4.69) is 5.16 Å². The van der Waals surface area contributed by atoms with Crippen molar-refractivity contribution < 1.29 is 14.3 Å². The van der Waals surface area contributed by atoms with Crippen LogP contribution in [0, 0.1) is 11.3 Å². The van der Waals surface area contributed by atoms with Gasteiger partial charge < -0.3 is 14.3 Å². The van der Waals surface area contributed by atoms with Crippen molar-refractivity contribution >= 4 is 5.71 Å². The van der Waals surface area contributed by atoms with Crippen LogP contribution in [0.15, 0.2) is 48.0 Å². The van der Waals surface area contributed by atoms with Gasteiger partial charge in [0, 0.05) is 6.42 Å². The molecular formula is C13H12N2O3. The van der Waals surface area contributed by atoms with Gasteiger partial charge in [-0.15, -0.1) is 0 Å². The van der Waals surface area contributed by atoms with Gasteiger partial charge in [0.2, 0.25) is 0 Å². The molecular weight excluding hydrogens is 232 g/mol.